The standard InChI is InChI=1S/C10H10ClNO5/c1-16-4-5-17-10(13)8-6-7(11)2-3-9(8)12(14)15/h2-3,6H,4-5H2,1H3. The van der Waals surface area contributed by atoms with Gasteiger partial charge in [-0.2, -0.15) is 0 Å². The molecule has 0 unspecified atom stereocenters. The first-order valence-electron chi connectivity index (χ1n) is 4.66. The Hall–Kier alpha value is -1.66. The molecule has 0 radical (unpaired) electrons. The number of carbonyl (C=O) groups is 1. The monoisotopic (exact) mass is 259 g/mol. The van der Waals surface area contributed by atoms with Gasteiger partial charge in [0.15, 0.2) is 0 Å². The van der Waals surface area contributed by atoms with Gasteiger partial charge in [0.25, 0.3) is 5.69 Å². The zero-order valence-electron chi connectivity index (χ0n) is 9.01. The molecule has 0 saturated carbocycles. The summed E-state index contributed by atoms with van der Waals surface area (Å²) in [4.78, 5) is 21.6. The molecule has 0 aliphatic rings. The Morgan fingerprint density at radius 3 is 2.76 bits per heavy atom. The molecule has 0 fully saturated rings. The Morgan fingerprint density at radius 1 is 1.47 bits per heavy atom. The van der Waals surface area contributed by atoms with E-state index in [0.29, 0.717) is 0 Å². The molecule has 0 saturated heterocycles. The highest BCUT2D eigenvalue weighted by Gasteiger charge is 2.21. The number of nitrogens with zero attached hydrogens (tertiary/aromatic N) is 1. The predicted octanol–water partition coefficient (Wildman–Crippen LogP) is 2.05. The van der Waals surface area contributed by atoms with Crippen molar-refractivity contribution in [3.63, 3.8) is 0 Å². The highest BCUT2D eigenvalue weighted by Crippen LogP contribution is 2.23. The van der Waals surface area contributed by atoms with Gasteiger partial charge in [0.05, 0.1) is 11.5 Å². The zero-order chi connectivity index (χ0) is 12.8. The molecule has 17 heavy (non-hydrogen) atoms. The molecule has 92 valence electrons. The van der Waals surface area contributed by atoms with E-state index in [1.807, 2.05) is 0 Å². The van der Waals surface area contributed by atoms with Gasteiger partial charge in [0.2, 0.25) is 0 Å². The van der Waals surface area contributed by atoms with Crippen LogP contribution in [0.2, 0.25) is 5.02 Å². The van der Waals surface area contributed by atoms with Crippen LogP contribution in [0, 0.1) is 10.1 Å². The van der Waals surface area contributed by atoms with E-state index in [9.17, 15) is 14.9 Å². The average molecular weight is 260 g/mol. The topological polar surface area (TPSA) is 78.7 Å². The number of nitro groups is 1. The smallest absolute Gasteiger partial charge is 0.345 e. The van der Waals surface area contributed by atoms with Gasteiger partial charge in [0.1, 0.15) is 12.2 Å². The Balaban J connectivity index is 2.90. The number of hydrogen-bond acceptors (Lipinski definition) is 5. The second-order valence-corrected chi connectivity index (χ2v) is 3.48. The van der Waals surface area contributed by atoms with Gasteiger partial charge in [-0.25, -0.2) is 4.79 Å². The van der Waals surface area contributed by atoms with E-state index in [4.69, 9.17) is 21.1 Å². The summed E-state index contributed by atoms with van der Waals surface area (Å²) in [5.41, 5.74) is -0.504. The number of methoxy groups -OCH3 is 1. The van der Waals surface area contributed by atoms with E-state index >= 15 is 0 Å². The molecule has 0 aliphatic heterocycles. The molecule has 1 aromatic rings. The number of nitro benzene ring substituents is 1. The lowest BCUT2D eigenvalue weighted by atomic mass is 10.2. The van der Waals surface area contributed by atoms with Crippen molar-refractivity contribution >= 4 is 23.3 Å². The molecule has 0 atom stereocenters. The van der Waals surface area contributed by atoms with Crippen molar-refractivity contribution in [1.29, 1.82) is 0 Å². The highest BCUT2D eigenvalue weighted by atomic mass is 35.5. The summed E-state index contributed by atoms with van der Waals surface area (Å²) < 4.78 is 9.48. The van der Waals surface area contributed by atoms with Gasteiger partial charge in [-0.05, 0) is 12.1 Å². The first-order valence-corrected chi connectivity index (χ1v) is 5.04. The van der Waals surface area contributed by atoms with E-state index in [0.717, 1.165) is 6.07 Å². The van der Waals surface area contributed by atoms with E-state index in [2.05, 4.69) is 0 Å². The molecule has 0 heterocycles. The number of carbonyl (C=O) groups excluding carboxylic acids is 1. The summed E-state index contributed by atoms with van der Waals surface area (Å²) in [5.74, 6) is -0.795. The van der Waals surface area contributed by atoms with Crippen molar-refractivity contribution < 1.29 is 19.2 Å². The van der Waals surface area contributed by atoms with Gasteiger partial charge in [-0.1, -0.05) is 11.6 Å². The van der Waals surface area contributed by atoms with Crippen molar-refractivity contribution in [2.75, 3.05) is 20.3 Å². The van der Waals surface area contributed by atoms with Crippen LogP contribution in [0.15, 0.2) is 18.2 Å². The van der Waals surface area contributed by atoms with Crippen LogP contribution in [0.5, 0.6) is 0 Å². The largest absolute Gasteiger partial charge is 0.459 e. The van der Waals surface area contributed by atoms with Gasteiger partial charge < -0.3 is 9.47 Å². The summed E-state index contributed by atoms with van der Waals surface area (Å²) >= 11 is 5.67. The minimum absolute atomic E-state index is 0.0268. The molecule has 0 N–H and O–H groups in total. The Bertz CT molecular complexity index is 435. The summed E-state index contributed by atoms with van der Waals surface area (Å²) in [5, 5.41) is 10.9. The quantitative estimate of drug-likeness (QED) is 0.350. The maximum atomic E-state index is 11.6. The highest BCUT2D eigenvalue weighted by molar-refractivity contribution is 6.31. The van der Waals surface area contributed by atoms with Crippen molar-refractivity contribution in [3.05, 3.63) is 38.9 Å². The van der Waals surface area contributed by atoms with E-state index in [-0.39, 0.29) is 29.5 Å². The van der Waals surface area contributed by atoms with Crippen LogP contribution < -0.4 is 0 Å². The third-order valence-corrected chi connectivity index (χ3v) is 2.13. The molecular weight excluding hydrogens is 250 g/mol. The van der Waals surface area contributed by atoms with Crippen LogP contribution in [-0.4, -0.2) is 31.2 Å². The molecule has 0 bridgehead atoms. The molecule has 6 nitrogen and oxygen atoms in total. The van der Waals surface area contributed by atoms with Gasteiger partial charge in [0, 0.05) is 18.2 Å². The molecule has 1 aromatic carbocycles. The minimum atomic E-state index is -0.795. The maximum absolute atomic E-state index is 11.6. The lowest BCUT2D eigenvalue weighted by molar-refractivity contribution is -0.385. The normalized spacial score (nSPS) is 10.0. The Kier molecular flexibility index (Phi) is 4.86. The van der Waals surface area contributed by atoms with Gasteiger partial charge in [-0.3, -0.25) is 10.1 Å². The van der Waals surface area contributed by atoms with E-state index in [1.54, 1.807) is 0 Å². The average Bonchev–Trinajstić information content (AvgIpc) is 2.28. The van der Waals surface area contributed by atoms with Crippen LogP contribution >= 0.6 is 11.6 Å². The fraction of sp³-hybridized carbons (Fsp3) is 0.300. The molecule has 0 aromatic heterocycles. The fourth-order valence-electron chi connectivity index (χ4n) is 1.13. The van der Waals surface area contributed by atoms with Crippen LogP contribution in [-0.2, 0) is 9.47 Å². The fourth-order valence-corrected chi connectivity index (χ4v) is 1.30. The van der Waals surface area contributed by atoms with Crippen LogP contribution in [0.25, 0.3) is 0 Å². The van der Waals surface area contributed by atoms with Crippen molar-refractivity contribution in [2.24, 2.45) is 0 Å². The first-order chi connectivity index (χ1) is 8.06. The summed E-state index contributed by atoms with van der Waals surface area (Å²) in [6.45, 7) is 0.249. The van der Waals surface area contributed by atoms with Crippen LogP contribution in [0.3, 0.4) is 0 Å². The molecule has 0 spiro atoms. The second kappa shape index (κ2) is 6.17. The summed E-state index contributed by atoms with van der Waals surface area (Å²) in [6, 6.07) is 3.70. The van der Waals surface area contributed by atoms with Crippen molar-refractivity contribution in [1.82, 2.24) is 0 Å². The molecule has 1 rings (SSSR count). The third kappa shape index (κ3) is 3.69. The molecule has 0 amide bonds. The van der Waals surface area contributed by atoms with Crippen molar-refractivity contribution in [3.8, 4) is 0 Å². The number of esters is 1. The van der Waals surface area contributed by atoms with Gasteiger partial charge >= 0.3 is 5.97 Å². The Morgan fingerprint density at radius 2 is 2.18 bits per heavy atom. The second-order valence-electron chi connectivity index (χ2n) is 3.05. The number of hydrogen-bond donors (Lipinski definition) is 0. The van der Waals surface area contributed by atoms with Crippen molar-refractivity contribution in [2.45, 2.75) is 0 Å². The van der Waals surface area contributed by atoms with Crippen LogP contribution in [0.1, 0.15) is 10.4 Å². The van der Waals surface area contributed by atoms with Gasteiger partial charge in [-0.15, -0.1) is 0 Å². The van der Waals surface area contributed by atoms with E-state index < -0.39 is 10.9 Å². The van der Waals surface area contributed by atoms with Crippen LogP contribution in [0.4, 0.5) is 5.69 Å². The number of ether oxygens (including phenoxy) is 2. The number of benzene rings is 1. The predicted molar refractivity (Wildman–Crippen MR) is 60.3 cm³/mol. The Labute approximate surface area is 102 Å². The SMILES string of the molecule is COCCOC(=O)c1cc(Cl)ccc1[N+](=O)[O-]. The minimum Gasteiger partial charge on any atom is -0.459 e. The lowest BCUT2D eigenvalue weighted by Crippen LogP contribution is -2.11. The summed E-state index contributed by atoms with van der Waals surface area (Å²) in [6.07, 6.45) is 0. The first kappa shape index (κ1) is 13.4. The number of halogens is 1. The van der Waals surface area contributed by atoms with E-state index in [1.165, 1.54) is 19.2 Å². The third-order valence-electron chi connectivity index (χ3n) is 1.90. The summed E-state index contributed by atoms with van der Waals surface area (Å²) in [7, 11) is 1.45. The molecule has 7 heteroatoms. The molecular formula is C10H10ClNO5. The number of rotatable bonds is 5. The lowest BCUT2D eigenvalue weighted by Gasteiger charge is -2.05. The zero-order valence-corrected chi connectivity index (χ0v) is 9.77. The molecule has 0 aliphatic carbocycles. The maximum Gasteiger partial charge on any atom is 0.345 e.